The number of carbonyl (C=O) groups excluding carboxylic acids is 3. The molecule has 0 aliphatic carbocycles. The number of unbranched alkanes of at least 4 members (excludes halogenated alkanes) is 38. The maximum atomic E-state index is 12.8. The van der Waals surface area contributed by atoms with Crippen LogP contribution in [0.1, 0.15) is 335 Å². The van der Waals surface area contributed by atoms with Crippen LogP contribution >= 0.6 is 0 Å². The summed E-state index contributed by atoms with van der Waals surface area (Å²) < 4.78 is 16.8. The zero-order chi connectivity index (χ0) is 53.6. The van der Waals surface area contributed by atoms with E-state index < -0.39 is 6.10 Å². The average Bonchev–Trinajstić information content (AvgIpc) is 3.40. The molecular weight excluding hydrogens is 913 g/mol. The van der Waals surface area contributed by atoms with Crippen LogP contribution in [0, 0.1) is 0 Å². The second-order valence-corrected chi connectivity index (χ2v) is 21.6. The number of carbonyl (C=O) groups is 3. The summed E-state index contributed by atoms with van der Waals surface area (Å²) in [4.78, 5) is 38.0. The highest BCUT2D eigenvalue weighted by Gasteiger charge is 2.19. The maximum absolute atomic E-state index is 12.8. The molecule has 1 atom stereocenters. The minimum absolute atomic E-state index is 0.0745. The Kier molecular flexibility index (Phi) is 60.2. The van der Waals surface area contributed by atoms with E-state index in [9.17, 15) is 14.4 Å². The van der Waals surface area contributed by atoms with Gasteiger partial charge in [-0.15, -0.1) is 0 Å². The lowest BCUT2D eigenvalue weighted by atomic mass is 10.0. The Hall–Kier alpha value is -2.89. The average molecular weight is 1040 g/mol. The summed E-state index contributed by atoms with van der Waals surface area (Å²) in [6.45, 7) is 6.50. The third-order valence-electron chi connectivity index (χ3n) is 14.3. The van der Waals surface area contributed by atoms with E-state index in [4.69, 9.17) is 14.2 Å². The molecule has 0 N–H and O–H groups in total. The van der Waals surface area contributed by atoms with Gasteiger partial charge < -0.3 is 14.2 Å². The van der Waals surface area contributed by atoms with Crippen LogP contribution in [0.15, 0.2) is 60.8 Å². The van der Waals surface area contributed by atoms with Gasteiger partial charge in [0.2, 0.25) is 0 Å². The van der Waals surface area contributed by atoms with Gasteiger partial charge in [-0.2, -0.15) is 0 Å². The quantitative estimate of drug-likeness (QED) is 0.0261. The maximum Gasteiger partial charge on any atom is 0.306 e. The predicted octanol–water partition coefficient (Wildman–Crippen LogP) is 21.9. The van der Waals surface area contributed by atoms with E-state index in [1.54, 1.807) is 0 Å². The number of allylic oxidation sites excluding steroid dienone is 10. The minimum atomic E-state index is -0.775. The second-order valence-electron chi connectivity index (χ2n) is 21.6. The van der Waals surface area contributed by atoms with Crippen LogP contribution < -0.4 is 0 Å². The van der Waals surface area contributed by atoms with Gasteiger partial charge in [0.15, 0.2) is 6.10 Å². The molecule has 6 nitrogen and oxygen atoms in total. The Morgan fingerprint density at radius 1 is 0.284 bits per heavy atom. The van der Waals surface area contributed by atoms with Gasteiger partial charge in [0, 0.05) is 19.3 Å². The van der Waals surface area contributed by atoms with Gasteiger partial charge in [-0.25, -0.2) is 0 Å². The highest BCUT2D eigenvalue weighted by Crippen LogP contribution is 2.17. The van der Waals surface area contributed by atoms with Gasteiger partial charge in [-0.1, -0.05) is 293 Å². The summed E-state index contributed by atoms with van der Waals surface area (Å²) in [6, 6.07) is 0. The van der Waals surface area contributed by atoms with Crippen molar-refractivity contribution in [2.45, 2.75) is 341 Å². The second kappa shape index (κ2) is 62.6. The molecule has 0 saturated carbocycles. The van der Waals surface area contributed by atoms with Crippen LogP contribution in [0.5, 0.6) is 0 Å². The van der Waals surface area contributed by atoms with E-state index in [-0.39, 0.29) is 31.1 Å². The van der Waals surface area contributed by atoms with Crippen LogP contribution in [-0.4, -0.2) is 37.2 Å². The first-order chi connectivity index (χ1) is 36.5. The molecule has 0 aromatic carbocycles. The molecule has 0 amide bonds. The Morgan fingerprint density at radius 3 is 0.838 bits per heavy atom. The molecule has 6 heteroatoms. The molecule has 430 valence electrons. The highest BCUT2D eigenvalue weighted by molar-refractivity contribution is 5.71. The van der Waals surface area contributed by atoms with Crippen molar-refractivity contribution in [1.82, 2.24) is 0 Å². The van der Waals surface area contributed by atoms with Gasteiger partial charge in [0.05, 0.1) is 0 Å². The molecule has 0 aromatic heterocycles. The Bertz CT molecular complexity index is 1330. The van der Waals surface area contributed by atoms with Gasteiger partial charge in [0.25, 0.3) is 0 Å². The predicted molar refractivity (Wildman–Crippen MR) is 321 cm³/mol. The van der Waals surface area contributed by atoms with Gasteiger partial charge in [0.1, 0.15) is 13.2 Å². The molecule has 0 saturated heterocycles. The van der Waals surface area contributed by atoms with Gasteiger partial charge >= 0.3 is 17.9 Å². The minimum Gasteiger partial charge on any atom is -0.462 e. The topological polar surface area (TPSA) is 78.9 Å². The lowest BCUT2D eigenvalue weighted by molar-refractivity contribution is -0.167. The first-order valence-electron chi connectivity index (χ1n) is 32.3. The standard InChI is InChI=1S/C68H122O6/c1-4-7-10-13-16-18-20-22-24-26-28-30-31-32-33-34-35-36-37-39-40-42-44-46-48-50-52-55-58-61-67(70)73-64-65(63-72-66(69)60-57-54-15-12-9-6-3)74-68(71)62-59-56-53-51-49-47-45-43-41-38-29-27-25-23-21-19-17-14-11-8-5-2/h8,11,17,19,23,25-26,28-29,38,65H,4-7,9-10,12-16,18,20-22,24,27,30-37,39-64H2,1-3H3/b11-8-,19-17-,25-23-,28-26-,38-29-. The molecule has 0 aliphatic rings. The van der Waals surface area contributed by atoms with Crippen molar-refractivity contribution in [2.24, 2.45) is 0 Å². The summed E-state index contributed by atoms with van der Waals surface area (Å²) in [5.41, 5.74) is 0. The molecule has 0 fully saturated rings. The third kappa shape index (κ3) is 60.0. The smallest absolute Gasteiger partial charge is 0.306 e. The largest absolute Gasteiger partial charge is 0.462 e. The van der Waals surface area contributed by atoms with Gasteiger partial charge in [-0.3, -0.25) is 14.4 Å². The van der Waals surface area contributed by atoms with Crippen molar-refractivity contribution in [3.8, 4) is 0 Å². The Labute approximate surface area is 460 Å². The summed E-state index contributed by atoms with van der Waals surface area (Å²) in [7, 11) is 0. The molecule has 0 spiro atoms. The van der Waals surface area contributed by atoms with Crippen molar-refractivity contribution < 1.29 is 28.6 Å². The summed E-state index contributed by atoms with van der Waals surface area (Å²) in [5.74, 6) is -0.877. The van der Waals surface area contributed by atoms with Crippen LogP contribution in [0.4, 0.5) is 0 Å². The summed E-state index contributed by atoms with van der Waals surface area (Å²) in [5, 5.41) is 0. The van der Waals surface area contributed by atoms with E-state index in [2.05, 4.69) is 81.5 Å². The van der Waals surface area contributed by atoms with Crippen LogP contribution in [-0.2, 0) is 28.6 Å². The SMILES string of the molecule is CC/C=C\C/C=C\C/C=C\C/C=C\CCCCCCCCCCC(=O)OC(COC(=O)CCCCCCCC)COC(=O)CCCCCCCCCCCCCCCCCCC/C=C\CCCCCCCCCC. The van der Waals surface area contributed by atoms with Crippen LogP contribution in [0.3, 0.4) is 0 Å². The molecular formula is C68H122O6. The van der Waals surface area contributed by atoms with E-state index >= 15 is 0 Å². The Morgan fingerprint density at radius 2 is 0.527 bits per heavy atom. The monoisotopic (exact) mass is 1030 g/mol. The van der Waals surface area contributed by atoms with Crippen molar-refractivity contribution in [3.05, 3.63) is 60.8 Å². The third-order valence-corrected chi connectivity index (χ3v) is 14.3. The summed E-state index contributed by atoms with van der Waals surface area (Å²) in [6.07, 6.45) is 79.9. The van der Waals surface area contributed by atoms with Crippen molar-refractivity contribution in [3.63, 3.8) is 0 Å². The summed E-state index contributed by atoms with van der Waals surface area (Å²) >= 11 is 0. The van der Waals surface area contributed by atoms with E-state index in [0.717, 1.165) is 89.9 Å². The zero-order valence-corrected chi connectivity index (χ0v) is 49.4. The van der Waals surface area contributed by atoms with Crippen LogP contribution in [0.25, 0.3) is 0 Å². The lowest BCUT2D eigenvalue weighted by Crippen LogP contribution is -2.30. The fourth-order valence-corrected chi connectivity index (χ4v) is 9.43. The van der Waals surface area contributed by atoms with E-state index in [0.29, 0.717) is 19.3 Å². The molecule has 0 bridgehead atoms. The number of rotatable bonds is 59. The normalized spacial score (nSPS) is 12.4. The van der Waals surface area contributed by atoms with Crippen molar-refractivity contribution in [2.75, 3.05) is 13.2 Å². The number of ether oxygens (including phenoxy) is 3. The number of hydrogen-bond acceptors (Lipinski definition) is 6. The van der Waals surface area contributed by atoms with Crippen molar-refractivity contribution in [1.29, 1.82) is 0 Å². The van der Waals surface area contributed by atoms with E-state index in [1.165, 1.54) is 205 Å². The molecule has 74 heavy (non-hydrogen) atoms. The zero-order valence-electron chi connectivity index (χ0n) is 49.4. The molecule has 1 unspecified atom stereocenters. The van der Waals surface area contributed by atoms with Gasteiger partial charge in [-0.05, 0) is 83.5 Å². The lowest BCUT2D eigenvalue weighted by Gasteiger charge is -2.18. The fraction of sp³-hybridized carbons (Fsp3) is 0.809. The number of esters is 3. The Balaban J connectivity index is 4.03. The first kappa shape index (κ1) is 71.1. The van der Waals surface area contributed by atoms with Crippen LogP contribution in [0.2, 0.25) is 0 Å². The molecule has 0 rings (SSSR count). The molecule has 0 aromatic rings. The molecule has 0 heterocycles. The molecule has 0 aliphatic heterocycles. The fourth-order valence-electron chi connectivity index (χ4n) is 9.43. The molecule has 0 radical (unpaired) electrons. The van der Waals surface area contributed by atoms with E-state index in [1.807, 2.05) is 0 Å². The highest BCUT2D eigenvalue weighted by atomic mass is 16.6. The number of hydrogen-bond donors (Lipinski definition) is 0. The van der Waals surface area contributed by atoms with Crippen molar-refractivity contribution >= 4 is 17.9 Å². The first-order valence-corrected chi connectivity index (χ1v) is 32.3.